The van der Waals surface area contributed by atoms with Crippen LogP contribution in [0.4, 0.5) is 5.69 Å². The second kappa shape index (κ2) is 6.17. The standard InChI is InChI=1S/C17H17Cl2NO/c1-21-17-5-3-2-4-14(17)11-8-13(9-11)20-16-10-12(18)6-7-15(16)19/h2-7,10-11,13,20H,8-9H2,1H3. The molecule has 4 heteroatoms. The maximum atomic E-state index is 6.18. The molecule has 1 aliphatic rings. The smallest absolute Gasteiger partial charge is 0.122 e. The van der Waals surface area contributed by atoms with Crippen LogP contribution in [0, 0.1) is 0 Å². The molecule has 1 fully saturated rings. The summed E-state index contributed by atoms with van der Waals surface area (Å²) in [6.07, 6.45) is 2.15. The molecule has 0 saturated heterocycles. The largest absolute Gasteiger partial charge is 0.496 e. The maximum absolute atomic E-state index is 6.18. The van der Waals surface area contributed by atoms with Crippen molar-refractivity contribution in [2.75, 3.05) is 12.4 Å². The molecular weight excluding hydrogens is 305 g/mol. The minimum atomic E-state index is 0.427. The fraction of sp³-hybridized carbons (Fsp3) is 0.294. The second-order valence-electron chi connectivity index (χ2n) is 5.38. The Balaban J connectivity index is 1.65. The van der Waals surface area contributed by atoms with Crippen LogP contribution in [0.3, 0.4) is 0 Å². The van der Waals surface area contributed by atoms with Gasteiger partial charge in [0.2, 0.25) is 0 Å². The van der Waals surface area contributed by atoms with Crippen molar-refractivity contribution in [2.45, 2.75) is 24.8 Å². The van der Waals surface area contributed by atoms with Crippen LogP contribution < -0.4 is 10.1 Å². The monoisotopic (exact) mass is 321 g/mol. The molecule has 1 saturated carbocycles. The van der Waals surface area contributed by atoms with Gasteiger partial charge in [0, 0.05) is 11.1 Å². The molecule has 2 aromatic carbocycles. The molecule has 0 spiro atoms. The van der Waals surface area contributed by atoms with Gasteiger partial charge in [0.1, 0.15) is 5.75 Å². The lowest BCUT2D eigenvalue weighted by molar-refractivity contribution is 0.350. The predicted octanol–water partition coefficient (Wildman–Crippen LogP) is 5.36. The zero-order valence-corrected chi connectivity index (χ0v) is 13.3. The summed E-state index contributed by atoms with van der Waals surface area (Å²) in [5.41, 5.74) is 2.20. The van der Waals surface area contributed by atoms with Gasteiger partial charge in [0.15, 0.2) is 0 Å². The van der Waals surface area contributed by atoms with Gasteiger partial charge < -0.3 is 10.1 Å². The van der Waals surface area contributed by atoms with E-state index in [1.165, 1.54) is 5.56 Å². The Hall–Kier alpha value is -1.38. The van der Waals surface area contributed by atoms with Crippen molar-refractivity contribution in [1.82, 2.24) is 0 Å². The highest BCUT2D eigenvalue weighted by atomic mass is 35.5. The van der Waals surface area contributed by atoms with Gasteiger partial charge in [-0.15, -0.1) is 0 Å². The summed E-state index contributed by atoms with van der Waals surface area (Å²) >= 11 is 12.2. The van der Waals surface area contributed by atoms with E-state index in [-0.39, 0.29) is 0 Å². The fourth-order valence-electron chi connectivity index (χ4n) is 2.82. The van der Waals surface area contributed by atoms with Crippen molar-refractivity contribution in [3.8, 4) is 5.75 Å². The molecule has 0 atom stereocenters. The summed E-state index contributed by atoms with van der Waals surface area (Å²) in [7, 11) is 1.72. The molecule has 0 aromatic heterocycles. The Morgan fingerprint density at radius 2 is 1.86 bits per heavy atom. The number of nitrogens with one attached hydrogen (secondary N) is 1. The molecule has 0 heterocycles. The zero-order valence-electron chi connectivity index (χ0n) is 11.8. The van der Waals surface area contributed by atoms with Crippen molar-refractivity contribution in [3.05, 3.63) is 58.1 Å². The van der Waals surface area contributed by atoms with Crippen LogP contribution >= 0.6 is 23.2 Å². The molecule has 0 aliphatic heterocycles. The van der Waals surface area contributed by atoms with Gasteiger partial charge in [-0.1, -0.05) is 41.4 Å². The van der Waals surface area contributed by atoms with Gasteiger partial charge in [0.25, 0.3) is 0 Å². The minimum absolute atomic E-state index is 0.427. The summed E-state index contributed by atoms with van der Waals surface area (Å²) in [5.74, 6) is 1.51. The first-order chi connectivity index (χ1) is 10.2. The highest BCUT2D eigenvalue weighted by molar-refractivity contribution is 6.35. The number of hydrogen-bond donors (Lipinski definition) is 1. The third kappa shape index (κ3) is 3.12. The number of benzene rings is 2. The van der Waals surface area contributed by atoms with Crippen molar-refractivity contribution in [3.63, 3.8) is 0 Å². The predicted molar refractivity (Wildman–Crippen MR) is 88.8 cm³/mol. The molecule has 0 unspecified atom stereocenters. The summed E-state index contributed by atoms with van der Waals surface area (Å²) in [6, 6.07) is 14.2. The van der Waals surface area contributed by atoms with Crippen LogP contribution in [0.25, 0.3) is 0 Å². The van der Waals surface area contributed by atoms with Crippen molar-refractivity contribution in [2.24, 2.45) is 0 Å². The molecule has 21 heavy (non-hydrogen) atoms. The number of ether oxygens (including phenoxy) is 1. The van der Waals surface area contributed by atoms with E-state index >= 15 is 0 Å². The molecule has 2 aromatic rings. The topological polar surface area (TPSA) is 21.3 Å². The third-order valence-electron chi connectivity index (χ3n) is 4.00. The zero-order chi connectivity index (χ0) is 14.8. The molecule has 0 amide bonds. The first kappa shape index (κ1) is 14.6. The van der Waals surface area contributed by atoms with Crippen molar-refractivity contribution < 1.29 is 4.74 Å². The lowest BCUT2D eigenvalue weighted by atomic mass is 9.75. The van der Waals surface area contributed by atoms with Crippen molar-refractivity contribution in [1.29, 1.82) is 0 Å². The Morgan fingerprint density at radius 3 is 2.62 bits per heavy atom. The van der Waals surface area contributed by atoms with E-state index in [2.05, 4.69) is 17.4 Å². The SMILES string of the molecule is COc1ccccc1C1CC(Nc2cc(Cl)ccc2Cl)C1. The average molecular weight is 322 g/mol. The highest BCUT2D eigenvalue weighted by Gasteiger charge is 2.32. The van der Waals surface area contributed by atoms with Gasteiger partial charge in [-0.05, 0) is 48.6 Å². The van der Waals surface area contributed by atoms with Crippen LogP contribution in [-0.4, -0.2) is 13.2 Å². The van der Waals surface area contributed by atoms with Gasteiger partial charge in [-0.25, -0.2) is 0 Å². The lowest BCUT2D eigenvalue weighted by Gasteiger charge is -2.37. The number of para-hydroxylation sites is 1. The van der Waals surface area contributed by atoms with Gasteiger partial charge >= 0.3 is 0 Å². The van der Waals surface area contributed by atoms with Crippen molar-refractivity contribution >= 4 is 28.9 Å². The minimum Gasteiger partial charge on any atom is -0.496 e. The lowest BCUT2D eigenvalue weighted by Crippen LogP contribution is -2.34. The Labute approximate surface area is 135 Å². The van der Waals surface area contributed by atoms with E-state index in [1.54, 1.807) is 13.2 Å². The molecule has 1 N–H and O–H groups in total. The van der Waals surface area contributed by atoms with Crippen LogP contribution in [0.15, 0.2) is 42.5 Å². The molecule has 0 radical (unpaired) electrons. The van der Waals surface area contributed by atoms with E-state index in [4.69, 9.17) is 27.9 Å². The van der Waals surface area contributed by atoms with Crippen LogP contribution in [0.1, 0.15) is 24.3 Å². The number of hydrogen-bond acceptors (Lipinski definition) is 2. The van der Waals surface area contributed by atoms with E-state index < -0.39 is 0 Å². The Kier molecular flexibility index (Phi) is 4.27. The van der Waals surface area contributed by atoms with Gasteiger partial charge in [0.05, 0.1) is 17.8 Å². The Bertz CT molecular complexity index is 638. The van der Waals surface area contributed by atoms with Gasteiger partial charge in [-0.2, -0.15) is 0 Å². The number of halogens is 2. The highest BCUT2D eigenvalue weighted by Crippen LogP contribution is 2.42. The first-order valence-corrected chi connectivity index (χ1v) is 7.77. The Morgan fingerprint density at radius 1 is 1.10 bits per heavy atom. The number of rotatable bonds is 4. The second-order valence-corrected chi connectivity index (χ2v) is 6.22. The third-order valence-corrected chi connectivity index (χ3v) is 4.57. The molecule has 1 aliphatic carbocycles. The van der Waals surface area contributed by atoms with Crippen LogP contribution in [0.5, 0.6) is 5.75 Å². The van der Waals surface area contributed by atoms with E-state index in [0.717, 1.165) is 24.3 Å². The van der Waals surface area contributed by atoms with E-state index in [0.29, 0.717) is 22.0 Å². The average Bonchev–Trinajstić information content (AvgIpc) is 2.46. The molecule has 110 valence electrons. The van der Waals surface area contributed by atoms with Gasteiger partial charge in [-0.3, -0.25) is 0 Å². The molecule has 0 bridgehead atoms. The van der Waals surface area contributed by atoms with E-state index in [9.17, 15) is 0 Å². The quantitative estimate of drug-likeness (QED) is 0.818. The summed E-state index contributed by atoms with van der Waals surface area (Å²) in [6.45, 7) is 0. The maximum Gasteiger partial charge on any atom is 0.122 e. The molecule has 3 rings (SSSR count). The summed E-state index contributed by atoms with van der Waals surface area (Å²) in [4.78, 5) is 0. The first-order valence-electron chi connectivity index (χ1n) is 7.02. The summed E-state index contributed by atoms with van der Waals surface area (Å²) < 4.78 is 5.43. The van der Waals surface area contributed by atoms with E-state index in [1.807, 2.05) is 24.3 Å². The summed E-state index contributed by atoms with van der Waals surface area (Å²) in [5, 5.41) is 4.87. The van der Waals surface area contributed by atoms with Crippen LogP contribution in [-0.2, 0) is 0 Å². The molecular formula is C17H17Cl2NO. The van der Waals surface area contributed by atoms with Crippen LogP contribution in [0.2, 0.25) is 10.0 Å². The fourth-order valence-corrected chi connectivity index (χ4v) is 3.17. The molecule has 2 nitrogen and oxygen atoms in total. The normalized spacial score (nSPS) is 20.7. The number of methoxy groups -OCH3 is 1. The number of anilines is 1.